The zero-order valence-electron chi connectivity index (χ0n) is 28.3. The van der Waals surface area contributed by atoms with Crippen LogP contribution in [0.25, 0.3) is 11.0 Å². The normalized spacial score (nSPS) is 14.4. The van der Waals surface area contributed by atoms with Gasteiger partial charge < -0.3 is 19.2 Å². The molecule has 2 heterocycles. The molecule has 13 nitrogen and oxygen atoms in total. The molecular formula is C34H45N5O8S. The van der Waals surface area contributed by atoms with Crippen molar-refractivity contribution in [3.05, 3.63) is 71.5 Å². The molecular weight excluding hydrogens is 638 g/mol. The van der Waals surface area contributed by atoms with E-state index in [9.17, 15) is 22.8 Å². The van der Waals surface area contributed by atoms with Crippen LogP contribution in [0.15, 0.2) is 64.0 Å². The molecule has 0 bridgehead atoms. The summed E-state index contributed by atoms with van der Waals surface area (Å²) < 4.78 is 47.6. The van der Waals surface area contributed by atoms with Crippen molar-refractivity contribution in [1.82, 2.24) is 19.7 Å². The van der Waals surface area contributed by atoms with Gasteiger partial charge in [0.1, 0.15) is 28.6 Å². The van der Waals surface area contributed by atoms with Crippen molar-refractivity contribution < 1.29 is 36.7 Å². The molecule has 1 aliphatic rings. The molecule has 0 saturated heterocycles. The van der Waals surface area contributed by atoms with Crippen LogP contribution in [0.4, 0.5) is 4.79 Å². The Kier molecular flexibility index (Phi) is 11.5. The highest BCUT2D eigenvalue weighted by molar-refractivity contribution is 7.87. The van der Waals surface area contributed by atoms with Crippen LogP contribution in [0.5, 0.6) is 0 Å². The number of carbonyl (C=O) groups is 3. The van der Waals surface area contributed by atoms with Gasteiger partial charge in [0, 0.05) is 31.3 Å². The van der Waals surface area contributed by atoms with Gasteiger partial charge in [-0.2, -0.15) is 17.4 Å². The number of guanidine groups is 1. The van der Waals surface area contributed by atoms with Gasteiger partial charge in [-0.15, -0.1) is 0 Å². The Labute approximate surface area is 281 Å². The van der Waals surface area contributed by atoms with Crippen molar-refractivity contribution in [2.24, 2.45) is 4.99 Å². The number of fused-ring (bicyclic) bond motifs is 1. The number of aryl methyl sites for hydroxylation is 1. The van der Waals surface area contributed by atoms with Gasteiger partial charge in [0.15, 0.2) is 5.96 Å². The number of nitrogens with zero attached hydrogens (tertiary/aromatic N) is 2. The largest absolute Gasteiger partial charge is 0.461 e. The number of ether oxygens (including phenoxy) is 2. The minimum atomic E-state index is -4.66. The van der Waals surface area contributed by atoms with E-state index < -0.39 is 39.5 Å². The Morgan fingerprint density at radius 3 is 2.33 bits per heavy atom. The lowest BCUT2D eigenvalue weighted by atomic mass is 10.1. The second-order valence-corrected chi connectivity index (χ2v) is 15.2. The summed E-state index contributed by atoms with van der Waals surface area (Å²) in [6.45, 7) is 11.0. The number of hydrogen-bond acceptors (Lipinski definition) is 10. The number of carbonyl (C=O) groups excluding carboxylic acids is 3. The van der Waals surface area contributed by atoms with E-state index in [1.165, 1.54) is 0 Å². The van der Waals surface area contributed by atoms with Crippen LogP contribution >= 0.6 is 0 Å². The van der Waals surface area contributed by atoms with Crippen LogP contribution in [-0.2, 0) is 48.7 Å². The van der Waals surface area contributed by atoms with Crippen molar-refractivity contribution in [3.8, 4) is 0 Å². The Morgan fingerprint density at radius 1 is 0.979 bits per heavy atom. The molecule has 260 valence electrons. The summed E-state index contributed by atoms with van der Waals surface area (Å²) in [5.74, 6) is -0.201. The molecule has 1 aromatic heterocycles. The molecule has 0 aliphatic carbocycles. The molecule has 1 aliphatic heterocycles. The topological polar surface area (TPSA) is 169 Å². The predicted molar refractivity (Wildman–Crippen MR) is 181 cm³/mol. The summed E-state index contributed by atoms with van der Waals surface area (Å²) in [7, 11) is -4.66. The van der Waals surface area contributed by atoms with E-state index >= 15 is 0 Å². The number of esters is 1. The van der Waals surface area contributed by atoms with Crippen molar-refractivity contribution in [1.29, 1.82) is 0 Å². The van der Waals surface area contributed by atoms with Crippen LogP contribution < -0.4 is 15.4 Å². The summed E-state index contributed by atoms with van der Waals surface area (Å²) in [5, 5.41) is 6.56. The summed E-state index contributed by atoms with van der Waals surface area (Å²) in [4.78, 5) is 43.3. The molecule has 0 saturated carbocycles. The molecule has 3 aromatic rings. The monoisotopic (exact) mass is 683 g/mol. The van der Waals surface area contributed by atoms with Gasteiger partial charge in [0.25, 0.3) is 0 Å². The molecule has 0 spiro atoms. The van der Waals surface area contributed by atoms with Crippen LogP contribution in [0.1, 0.15) is 71.3 Å². The Bertz CT molecular complexity index is 1740. The Hall–Kier alpha value is -4.43. The van der Waals surface area contributed by atoms with Crippen molar-refractivity contribution >= 4 is 45.1 Å². The first kappa shape index (κ1) is 36.4. The smallest absolute Gasteiger partial charge is 0.425 e. The number of furan rings is 1. The predicted octanol–water partition coefficient (Wildman–Crippen LogP) is 4.36. The first-order valence-corrected chi connectivity index (χ1v) is 17.3. The highest BCUT2D eigenvalue weighted by Crippen LogP contribution is 2.24. The third-order valence-corrected chi connectivity index (χ3v) is 8.31. The van der Waals surface area contributed by atoms with Crippen LogP contribution in [0.3, 0.4) is 0 Å². The molecule has 48 heavy (non-hydrogen) atoms. The summed E-state index contributed by atoms with van der Waals surface area (Å²) in [5.41, 5.74) is 0.0352. The molecule has 3 N–H and O–H groups in total. The highest BCUT2D eigenvalue weighted by atomic mass is 32.2. The quantitative estimate of drug-likeness (QED) is 0.249. The standard InChI is InChI=1S/C34H45N5O8S/c1-33(2,3)46-30(41)27(38-48(43,44)39(32(42)47-34(4,5)6)22-24-11-8-7-9-12-24)21-26-20-25-19-23(13-15-28(25)45-26)14-16-29(40)37-31-35-17-10-18-36-31/h7-9,11-13,15,19-20,27,38H,10,14,16-18,21-22H2,1-6H3,(H2,35,36,37,40). The molecule has 14 heteroatoms. The van der Waals surface area contributed by atoms with Crippen LogP contribution in [0.2, 0.25) is 0 Å². The Balaban J connectivity index is 1.54. The highest BCUT2D eigenvalue weighted by Gasteiger charge is 2.37. The molecule has 4 rings (SSSR count). The van der Waals surface area contributed by atoms with Gasteiger partial charge in [-0.1, -0.05) is 36.4 Å². The van der Waals surface area contributed by atoms with E-state index in [2.05, 4.69) is 20.3 Å². The van der Waals surface area contributed by atoms with Crippen molar-refractivity contribution in [3.63, 3.8) is 0 Å². The fourth-order valence-electron chi connectivity index (χ4n) is 4.77. The second-order valence-electron chi connectivity index (χ2n) is 13.5. The fourth-order valence-corrected chi connectivity index (χ4v) is 5.99. The van der Waals surface area contributed by atoms with E-state index in [0.717, 1.165) is 18.5 Å². The SMILES string of the molecule is CC(C)(C)OC(=O)C(Cc1cc2cc(CCC(=O)NC3=NCCCN3)ccc2o1)NS(=O)(=O)N(Cc1ccccc1)C(=O)OC(C)(C)C. The van der Waals surface area contributed by atoms with Gasteiger partial charge in [-0.3, -0.25) is 19.9 Å². The third-order valence-electron chi connectivity index (χ3n) is 6.87. The molecule has 0 radical (unpaired) electrons. The van der Waals surface area contributed by atoms with E-state index in [1.54, 1.807) is 84.0 Å². The first-order valence-electron chi connectivity index (χ1n) is 15.9. The number of nitrogens with one attached hydrogen (secondary N) is 3. The maximum atomic E-state index is 13.8. The first-order chi connectivity index (χ1) is 22.5. The number of hydrogen-bond donors (Lipinski definition) is 3. The Morgan fingerprint density at radius 2 is 1.69 bits per heavy atom. The van der Waals surface area contributed by atoms with Gasteiger partial charge >= 0.3 is 22.3 Å². The molecule has 1 unspecified atom stereocenters. The summed E-state index contributed by atoms with van der Waals surface area (Å²) in [6, 6.07) is 14.3. The lowest BCUT2D eigenvalue weighted by Gasteiger charge is -2.29. The number of rotatable bonds is 11. The average molecular weight is 684 g/mol. The zero-order chi connectivity index (χ0) is 35.1. The van der Waals surface area contributed by atoms with E-state index in [-0.39, 0.29) is 25.3 Å². The maximum absolute atomic E-state index is 13.8. The van der Waals surface area contributed by atoms with Gasteiger partial charge in [-0.25, -0.2) is 4.79 Å². The van der Waals surface area contributed by atoms with Gasteiger partial charge in [0.05, 0.1) is 6.54 Å². The minimum absolute atomic E-state index is 0.156. The maximum Gasteiger partial charge on any atom is 0.425 e. The van der Waals surface area contributed by atoms with E-state index in [1.807, 2.05) is 12.1 Å². The van der Waals surface area contributed by atoms with E-state index in [0.29, 0.717) is 45.5 Å². The molecule has 0 fully saturated rings. The summed E-state index contributed by atoms with van der Waals surface area (Å²) in [6.07, 6.45) is 0.335. The zero-order valence-corrected chi connectivity index (χ0v) is 29.1. The van der Waals surface area contributed by atoms with Gasteiger partial charge in [-0.05, 0) is 83.7 Å². The number of amides is 2. The second kappa shape index (κ2) is 15.2. The van der Waals surface area contributed by atoms with Crippen LogP contribution in [0, 0.1) is 0 Å². The van der Waals surface area contributed by atoms with Crippen molar-refractivity contribution in [2.45, 2.75) is 91.0 Å². The minimum Gasteiger partial charge on any atom is -0.461 e. The number of aliphatic imine (C=N–C) groups is 1. The van der Waals surface area contributed by atoms with E-state index in [4.69, 9.17) is 13.9 Å². The molecule has 1 atom stereocenters. The lowest BCUT2D eigenvalue weighted by Crippen LogP contribution is -2.52. The summed E-state index contributed by atoms with van der Waals surface area (Å²) >= 11 is 0. The lowest BCUT2D eigenvalue weighted by molar-refractivity contribution is -0.157. The molecule has 2 amide bonds. The average Bonchev–Trinajstić information content (AvgIpc) is 3.39. The fraction of sp³-hybridized carbons (Fsp3) is 0.471. The number of benzene rings is 2. The van der Waals surface area contributed by atoms with Crippen LogP contribution in [-0.4, -0.2) is 67.0 Å². The molecule has 2 aromatic carbocycles. The van der Waals surface area contributed by atoms with Gasteiger partial charge in [0.2, 0.25) is 5.91 Å². The third kappa shape index (κ3) is 11.1. The van der Waals surface area contributed by atoms with Crippen molar-refractivity contribution in [2.75, 3.05) is 13.1 Å².